The lowest BCUT2D eigenvalue weighted by Gasteiger charge is -2.31. The van der Waals surface area contributed by atoms with E-state index in [4.69, 9.17) is 10.5 Å². The van der Waals surface area contributed by atoms with Gasteiger partial charge in [-0.3, -0.25) is 0 Å². The van der Waals surface area contributed by atoms with Crippen LogP contribution in [0.1, 0.15) is 12.8 Å². The Kier molecular flexibility index (Phi) is 5.12. The molecule has 1 aromatic rings. The van der Waals surface area contributed by atoms with Crippen molar-refractivity contribution in [3.05, 3.63) is 21.1 Å². The second-order valence-electron chi connectivity index (χ2n) is 4.65. The van der Waals surface area contributed by atoms with Gasteiger partial charge in [0.2, 0.25) is 10.0 Å². The molecule has 0 atom stereocenters. The first-order chi connectivity index (χ1) is 9.36. The van der Waals surface area contributed by atoms with E-state index < -0.39 is 10.0 Å². The third-order valence-electron chi connectivity index (χ3n) is 3.35. The average molecular weight is 428 g/mol. The fourth-order valence-corrected chi connectivity index (χ4v) is 6.27. The molecule has 8 heteroatoms. The summed E-state index contributed by atoms with van der Waals surface area (Å²) >= 11 is 6.57. The van der Waals surface area contributed by atoms with Crippen LogP contribution in [-0.4, -0.2) is 39.0 Å². The molecule has 0 saturated carbocycles. The predicted octanol–water partition coefficient (Wildman–Crippen LogP) is 2.59. The molecule has 0 aliphatic carbocycles. The molecule has 1 aliphatic rings. The fourth-order valence-electron chi connectivity index (χ4n) is 2.26. The maximum Gasteiger partial charge on any atom is 0.245 e. The number of ether oxygens (including phenoxy) is 1. The van der Waals surface area contributed by atoms with Gasteiger partial charge in [-0.05, 0) is 56.8 Å². The Balaban J connectivity index is 2.32. The van der Waals surface area contributed by atoms with Crippen LogP contribution in [0.15, 0.2) is 26.0 Å². The zero-order chi connectivity index (χ0) is 14.9. The van der Waals surface area contributed by atoms with Gasteiger partial charge < -0.3 is 10.5 Å². The van der Waals surface area contributed by atoms with Crippen molar-refractivity contribution in [1.29, 1.82) is 0 Å². The smallest absolute Gasteiger partial charge is 0.245 e. The number of hydrogen-bond acceptors (Lipinski definition) is 4. The lowest BCUT2D eigenvalue weighted by atomic mass is 10.1. The van der Waals surface area contributed by atoms with Crippen LogP contribution in [0.3, 0.4) is 0 Å². The highest BCUT2D eigenvalue weighted by Gasteiger charge is 2.32. The number of nitrogens with zero attached hydrogens (tertiary/aromatic N) is 1. The molecule has 5 nitrogen and oxygen atoms in total. The monoisotopic (exact) mass is 426 g/mol. The summed E-state index contributed by atoms with van der Waals surface area (Å²) in [6.45, 7) is 0.925. The number of methoxy groups -OCH3 is 1. The van der Waals surface area contributed by atoms with Crippen LogP contribution in [0.25, 0.3) is 0 Å². The molecule has 112 valence electrons. The summed E-state index contributed by atoms with van der Waals surface area (Å²) in [6, 6.07) is 3.19. The van der Waals surface area contributed by atoms with Crippen molar-refractivity contribution in [2.75, 3.05) is 25.9 Å². The zero-order valence-corrected chi connectivity index (χ0v) is 15.0. The van der Waals surface area contributed by atoms with Gasteiger partial charge in [0, 0.05) is 34.8 Å². The van der Waals surface area contributed by atoms with Crippen LogP contribution < -0.4 is 5.73 Å². The summed E-state index contributed by atoms with van der Waals surface area (Å²) in [5, 5.41) is 0. The van der Waals surface area contributed by atoms with E-state index in [2.05, 4.69) is 31.9 Å². The summed E-state index contributed by atoms with van der Waals surface area (Å²) in [7, 11) is -1.89. The molecule has 1 fully saturated rings. The highest BCUT2D eigenvalue weighted by atomic mass is 79.9. The summed E-state index contributed by atoms with van der Waals surface area (Å²) < 4.78 is 33.1. The van der Waals surface area contributed by atoms with Crippen molar-refractivity contribution in [3.63, 3.8) is 0 Å². The predicted molar refractivity (Wildman–Crippen MR) is 85.0 cm³/mol. The number of nitrogens with two attached hydrogens (primary N) is 1. The van der Waals surface area contributed by atoms with E-state index in [0.717, 1.165) is 0 Å². The SMILES string of the molecule is COC1CCN(S(=O)(=O)c2c(Br)cc(N)cc2Br)CC1. The number of nitrogen functional groups attached to an aromatic ring is 1. The third kappa shape index (κ3) is 3.19. The van der Waals surface area contributed by atoms with E-state index in [9.17, 15) is 8.42 Å². The molecule has 0 bridgehead atoms. The Morgan fingerprint density at radius 1 is 1.25 bits per heavy atom. The summed E-state index contributed by atoms with van der Waals surface area (Å²) in [6.07, 6.45) is 1.56. The van der Waals surface area contributed by atoms with Gasteiger partial charge >= 0.3 is 0 Å². The van der Waals surface area contributed by atoms with E-state index in [1.165, 1.54) is 4.31 Å². The minimum Gasteiger partial charge on any atom is -0.399 e. The number of rotatable bonds is 3. The molecule has 1 aliphatic heterocycles. The van der Waals surface area contributed by atoms with Crippen molar-refractivity contribution in [3.8, 4) is 0 Å². The lowest BCUT2D eigenvalue weighted by Crippen LogP contribution is -2.40. The average Bonchev–Trinajstić information content (AvgIpc) is 2.37. The zero-order valence-electron chi connectivity index (χ0n) is 11.0. The van der Waals surface area contributed by atoms with Gasteiger partial charge in [0.15, 0.2) is 0 Å². The van der Waals surface area contributed by atoms with Crippen molar-refractivity contribution >= 4 is 47.6 Å². The minimum atomic E-state index is -3.54. The topological polar surface area (TPSA) is 72.6 Å². The van der Waals surface area contributed by atoms with Gasteiger partial charge in [-0.2, -0.15) is 4.31 Å². The molecule has 20 heavy (non-hydrogen) atoms. The number of hydrogen-bond donors (Lipinski definition) is 1. The highest BCUT2D eigenvalue weighted by molar-refractivity contribution is 9.11. The van der Waals surface area contributed by atoms with Gasteiger partial charge in [0.25, 0.3) is 0 Å². The van der Waals surface area contributed by atoms with Gasteiger partial charge in [-0.15, -0.1) is 0 Å². The Bertz CT molecular complexity index is 576. The Labute approximate surface area is 135 Å². The molecule has 2 rings (SSSR count). The first kappa shape index (κ1) is 16.2. The first-order valence-corrected chi connectivity index (χ1v) is 9.16. The maximum atomic E-state index is 12.7. The second kappa shape index (κ2) is 6.31. The van der Waals surface area contributed by atoms with E-state index in [0.29, 0.717) is 40.6 Å². The molecule has 1 heterocycles. The van der Waals surface area contributed by atoms with Crippen LogP contribution in [-0.2, 0) is 14.8 Å². The fraction of sp³-hybridized carbons (Fsp3) is 0.500. The quantitative estimate of drug-likeness (QED) is 0.752. The summed E-state index contributed by atoms with van der Waals surface area (Å²) in [5.74, 6) is 0. The van der Waals surface area contributed by atoms with Crippen LogP contribution in [0.4, 0.5) is 5.69 Å². The minimum absolute atomic E-state index is 0.139. The van der Waals surface area contributed by atoms with Crippen molar-refractivity contribution in [1.82, 2.24) is 4.31 Å². The second-order valence-corrected chi connectivity index (χ2v) is 8.24. The van der Waals surface area contributed by atoms with E-state index in [1.54, 1.807) is 19.2 Å². The molecular weight excluding hydrogens is 412 g/mol. The number of piperidine rings is 1. The van der Waals surface area contributed by atoms with E-state index in [1.807, 2.05) is 0 Å². The molecule has 1 aromatic carbocycles. The van der Waals surface area contributed by atoms with Crippen LogP contribution in [0.2, 0.25) is 0 Å². The summed E-state index contributed by atoms with van der Waals surface area (Å²) in [4.78, 5) is 0.225. The largest absolute Gasteiger partial charge is 0.399 e. The number of anilines is 1. The standard InChI is InChI=1S/C12H16Br2N2O3S/c1-19-9-2-4-16(5-3-9)20(17,18)12-10(13)6-8(15)7-11(12)14/h6-7,9H,2-5,15H2,1H3. The van der Waals surface area contributed by atoms with Crippen molar-refractivity contribution in [2.45, 2.75) is 23.8 Å². The molecule has 0 unspecified atom stereocenters. The molecule has 0 aromatic heterocycles. The first-order valence-electron chi connectivity index (χ1n) is 6.13. The summed E-state index contributed by atoms with van der Waals surface area (Å²) in [5.41, 5.74) is 6.20. The Morgan fingerprint density at radius 3 is 2.20 bits per heavy atom. The maximum absolute atomic E-state index is 12.7. The van der Waals surface area contributed by atoms with Crippen molar-refractivity contribution in [2.24, 2.45) is 0 Å². The van der Waals surface area contributed by atoms with Crippen LogP contribution in [0.5, 0.6) is 0 Å². The van der Waals surface area contributed by atoms with Gasteiger partial charge in [0.05, 0.1) is 6.10 Å². The molecule has 0 radical (unpaired) electrons. The molecule has 1 saturated heterocycles. The van der Waals surface area contributed by atoms with Gasteiger partial charge in [-0.25, -0.2) is 8.42 Å². The van der Waals surface area contributed by atoms with Crippen LogP contribution in [0, 0.1) is 0 Å². The van der Waals surface area contributed by atoms with Crippen LogP contribution >= 0.6 is 31.9 Å². The number of sulfonamides is 1. The number of benzene rings is 1. The molecule has 0 spiro atoms. The Hall–Kier alpha value is -0.150. The number of halogens is 2. The Morgan fingerprint density at radius 2 is 1.75 bits per heavy atom. The molecular formula is C12H16Br2N2O3S. The lowest BCUT2D eigenvalue weighted by molar-refractivity contribution is 0.0604. The normalized spacial score (nSPS) is 18.4. The highest BCUT2D eigenvalue weighted by Crippen LogP contribution is 2.35. The molecule has 2 N–H and O–H groups in total. The third-order valence-corrected chi connectivity index (χ3v) is 7.13. The van der Waals surface area contributed by atoms with Gasteiger partial charge in [0.1, 0.15) is 4.90 Å². The van der Waals surface area contributed by atoms with E-state index in [-0.39, 0.29) is 11.0 Å². The van der Waals surface area contributed by atoms with Gasteiger partial charge in [-0.1, -0.05) is 0 Å². The van der Waals surface area contributed by atoms with Crippen molar-refractivity contribution < 1.29 is 13.2 Å². The van der Waals surface area contributed by atoms with E-state index >= 15 is 0 Å². The molecule has 0 amide bonds.